The number of carboxylic acid groups (broad SMARTS) is 1. The number of halogens is 1. The highest BCUT2D eigenvalue weighted by molar-refractivity contribution is 9.10. The van der Waals surface area contributed by atoms with Gasteiger partial charge in [-0.05, 0) is 37.1 Å². The molecular formula is C19H25BrN2O5. The van der Waals surface area contributed by atoms with Crippen molar-refractivity contribution in [1.82, 2.24) is 9.80 Å². The smallest absolute Gasteiger partial charge is 0.303 e. The lowest BCUT2D eigenvalue weighted by Crippen LogP contribution is -2.50. The predicted octanol–water partition coefficient (Wildman–Crippen LogP) is 2.45. The maximum Gasteiger partial charge on any atom is 0.303 e. The van der Waals surface area contributed by atoms with Crippen LogP contribution >= 0.6 is 15.9 Å². The number of aliphatic carboxylic acids is 1. The molecule has 1 saturated heterocycles. The molecule has 7 nitrogen and oxygen atoms in total. The number of aryl methyl sites for hydroxylation is 1. The summed E-state index contributed by atoms with van der Waals surface area (Å²) in [5.74, 6) is -0.151. The van der Waals surface area contributed by atoms with Gasteiger partial charge in [0.15, 0.2) is 0 Å². The molecule has 1 aliphatic rings. The van der Waals surface area contributed by atoms with Crippen LogP contribution < -0.4 is 4.74 Å². The van der Waals surface area contributed by atoms with Gasteiger partial charge in [-0.1, -0.05) is 15.9 Å². The summed E-state index contributed by atoms with van der Waals surface area (Å²) in [5, 5.41) is 8.62. The molecule has 1 fully saturated rings. The van der Waals surface area contributed by atoms with Crippen LogP contribution in [0.25, 0.3) is 0 Å². The van der Waals surface area contributed by atoms with Gasteiger partial charge in [0.2, 0.25) is 11.8 Å². The Labute approximate surface area is 167 Å². The highest BCUT2D eigenvalue weighted by atomic mass is 79.9. The van der Waals surface area contributed by atoms with Crippen LogP contribution in [0.1, 0.15) is 31.2 Å². The Balaban J connectivity index is 1.68. The molecule has 27 heavy (non-hydrogen) atoms. The highest BCUT2D eigenvalue weighted by Gasteiger charge is 2.23. The standard InChI is InChI=1S/C19H25BrN2O5/c1-14-13-15(20)5-6-16(14)27-12-7-18(24)22-10-8-21(9-11-22)17(23)3-2-4-19(25)26/h5-6,13H,2-4,7-12H2,1H3,(H,25,26). The molecule has 0 unspecified atom stereocenters. The van der Waals surface area contributed by atoms with Crippen molar-refractivity contribution in [3.05, 3.63) is 28.2 Å². The second kappa shape index (κ2) is 10.3. The summed E-state index contributed by atoms with van der Waals surface area (Å²) in [6.45, 7) is 4.25. The summed E-state index contributed by atoms with van der Waals surface area (Å²) in [6, 6.07) is 5.74. The number of ether oxygens (including phenoxy) is 1. The van der Waals surface area contributed by atoms with Crippen LogP contribution in [0.3, 0.4) is 0 Å². The Hall–Kier alpha value is -2.09. The second-order valence-corrected chi connectivity index (χ2v) is 7.43. The fourth-order valence-electron chi connectivity index (χ4n) is 2.94. The molecular weight excluding hydrogens is 416 g/mol. The molecule has 148 valence electrons. The van der Waals surface area contributed by atoms with Gasteiger partial charge in [0.1, 0.15) is 5.75 Å². The summed E-state index contributed by atoms with van der Waals surface area (Å²) in [4.78, 5) is 38.3. The number of hydrogen-bond acceptors (Lipinski definition) is 4. The van der Waals surface area contributed by atoms with E-state index in [2.05, 4.69) is 15.9 Å². The molecule has 2 amide bonds. The fraction of sp³-hybridized carbons (Fsp3) is 0.526. The number of hydrogen-bond donors (Lipinski definition) is 1. The number of carboxylic acids is 1. The summed E-state index contributed by atoms with van der Waals surface area (Å²) in [6.07, 6.45) is 0.880. The van der Waals surface area contributed by atoms with E-state index in [0.717, 1.165) is 15.8 Å². The first-order chi connectivity index (χ1) is 12.9. The number of amides is 2. The quantitative estimate of drug-likeness (QED) is 0.670. The van der Waals surface area contributed by atoms with E-state index >= 15 is 0 Å². The second-order valence-electron chi connectivity index (χ2n) is 6.52. The monoisotopic (exact) mass is 440 g/mol. The largest absolute Gasteiger partial charge is 0.493 e. The minimum atomic E-state index is -0.890. The van der Waals surface area contributed by atoms with Crippen molar-refractivity contribution in [3.8, 4) is 5.75 Å². The number of carbonyl (C=O) groups is 3. The molecule has 8 heteroatoms. The Morgan fingerprint density at radius 1 is 1.04 bits per heavy atom. The van der Waals surface area contributed by atoms with E-state index in [1.165, 1.54) is 0 Å². The summed E-state index contributed by atoms with van der Waals surface area (Å²) < 4.78 is 6.68. The van der Waals surface area contributed by atoms with E-state index in [-0.39, 0.29) is 24.7 Å². The Morgan fingerprint density at radius 2 is 1.63 bits per heavy atom. The fourth-order valence-corrected chi connectivity index (χ4v) is 3.41. The van der Waals surface area contributed by atoms with Crippen molar-refractivity contribution in [3.63, 3.8) is 0 Å². The lowest BCUT2D eigenvalue weighted by molar-refractivity contribution is -0.140. The number of rotatable bonds is 8. The lowest BCUT2D eigenvalue weighted by atomic mass is 10.2. The topological polar surface area (TPSA) is 87.2 Å². The van der Waals surface area contributed by atoms with Crippen LogP contribution in [0.15, 0.2) is 22.7 Å². The maximum atomic E-state index is 12.3. The molecule has 0 radical (unpaired) electrons. The molecule has 0 spiro atoms. The summed E-state index contributed by atoms with van der Waals surface area (Å²) in [7, 11) is 0. The van der Waals surface area contributed by atoms with Gasteiger partial charge in [0.05, 0.1) is 13.0 Å². The molecule has 0 saturated carbocycles. The van der Waals surface area contributed by atoms with Crippen LogP contribution in [0.5, 0.6) is 5.75 Å². The zero-order chi connectivity index (χ0) is 19.8. The van der Waals surface area contributed by atoms with Crippen molar-refractivity contribution in [2.24, 2.45) is 0 Å². The van der Waals surface area contributed by atoms with Crippen molar-refractivity contribution < 1.29 is 24.2 Å². The summed E-state index contributed by atoms with van der Waals surface area (Å²) >= 11 is 3.40. The minimum absolute atomic E-state index is 0.00202. The first-order valence-electron chi connectivity index (χ1n) is 9.03. The Morgan fingerprint density at radius 3 is 2.19 bits per heavy atom. The van der Waals surface area contributed by atoms with Gasteiger partial charge in [0.25, 0.3) is 0 Å². The van der Waals surface area contributed by atoms with Gasteiger partial charge >= 0.3 is 5.97 Å². The van der Waals surface area contributed by atoms with E-state index in [1.54, 1.807) is 9.80 Å². The van der Waals surface area contributed by atoms with Crippen molar-refractivity contribution in [1.29, 1.82) is 0 Å². The third-order valence-corrected chi connectivity index (χ3v) is 4.97. The van der Waals surface area contributed by atoms with Gasteiger partial charge < -0.3 is 19.6 Å². The van der Waals surface area contributed by atoms with E-state index in [1.807, 2.05) is 25.1 Å². The van der Waals surface area contributed by atoms with Gasteiger partial charge in [-0.25, -0.2) is 0 Å². The average Bonchev–Trinajstić information content (AvgIpc) is 2.63. The Kier molecular flexibility index (Phi) is 8.09. The molecule has 0 aromatic heterocycles. The van der Waals surface area contributed by atoms with Gasteiger partial charge in [0, 0.05) is 43.5 Å². The Bertz CT molecular complexity index is 687. The first kappa shape index (κ1) is 21.2. The van der Waals surface area contributed by atoms with Crippen LogP contribution in [-0.4, -0.2) is 65.5 Å². The van der Waals surface area contributed by atoms with Crippen molar-refractivity contribution >= 4 is 33.7 Å². The van der Waals surface area contributed by atoms with Crippen LogP contribution in [0.4, 0.5) is 0 Å². The number of piperazine rings is 1. The SMILES string of the molecule is Cc1cc(Br)ccc1OCCC(=O)N1CCN(C(=O)CCCC(=O)O)CC1. The van der Waals surface area contributed by atoms with Crippen molar-refractivity contribution in [2.75, 3.05) is 32.8 Å². The minimum Gasteiger partial charge on any atom is -0.493 e. The third-order valence-electron chi connectivity index (χ3n) is 4.48. The normalized spacial score (nSPS) is 14.1. The van der Waals surface area contributed by atoms with Gasteiger partial charge in [-0.3, -0.25) is 14.4 Å². The lowest BCUT2D eigenvalue weighted by Gasteiger charge is -2.35. The molecule has 1 heterocycles. The zero-order valence-corrected chi connectivity index (χ0v) is 17.0. The molecule has 2 rings (SSSR count). The number of nitrogens with zero attached hydrogens (tertiary/aromatic N) is 2. The molecule has 0 bridgehead atoms. The zero-order valence-electron chi connectivity index (χ0n) is 15.4. The van der Waals surface area contributed by atoms with Gasteiger partial charge in [-0.2, -0.15) is 0 Å². The first-order valence-corrected chi connectivity index (χ1v) is 9.82. The van der Waals surface area contributed by atoms with E-state index in [9.17, 15) is 14.4 Å². The maximum absolute atomic E-state index is 12.3. The van der Waals surface area contributed by atoms with E-state index < -0.39 is 5.97 Å². The third kappa shape index (κ3) is 6.86. The van der Waals surface area contributed by atoms with Gasteiger partial charge in [-0.15, -0.1) is 0 Å². The number of benzene rings is 1. The molecule has 1 aromatic carbocycles. The molecule has 0 atom stereocenters. The van der Waals surface area contributed by atoms with Crippen LogP contribution in [0, 0.1) is 6.92 Å². The van der Waals surface area contributed by atoms with E-state index in [4.69, 9.17) is 9.84 Å². The molecule has 1 aliphatic heterocycles. The predicted molar refractivity (Wildman–Crippen MR) is 104 cm³/mol. The number of carbonyl (C=O) groups excluding carboxylic acids is 2. The van der Waals surface area contributed by atoms with Crippen LogP contribution in [0.2, 0.25) is 0 Å². The van der Waals surface area contributed by atoms with Crippen LogP contribution in [-0.2, 0) is 14.4 Å². The average molecular weight is 441 g/mol. The molecule has 1 aromatic rings. The van der Waals surface area contributed by atoms with Crippen molar-refractivity contribution in [2.45, 2.75) is 32.6 Å². The summed E-state index contributed by atoms with van der Waals surface area (Å²) in [5.41, 5.74) is 1.01. The van der Waals surface area contributed by atoms with E-state index in [0.29, 0.717) is 45.6 Å². The molecule has 0 aliphatic carbocycles. The molecule has 1 N–H and O–H groups in total. The highest BCUT2D eigenvalue weighted by Crippen LogP contribution is 2.22.